The van der Waals surface area contributed by atoms with E-state index in [2.05, 4.69) is 0 Å². The van der Waals surface area contributed by atoms with Crippen LogP contribution in [0.4, 0.5) is 5.69 Å². The molecule has 0 N–H and O–H groups in total. The van der Waals surface area contributed by atoms with Crippen LogP contribution in [-0.4, -0.2) is 25.2 Å². The van der Waals surface area contributed by atoms with Gasteiger partial charge in [-0.15, -0.1) is 0 Å². The molecule has 1 atom stereocenters. The van der Waals surface area contributed by atoms with E-state index >= 15 is 0 Å². The van der Waals surface area contributed by atoms with E-state index < -0.39 is 5.92 Å². The van der Waals surface area contributed by atoms with Gasteiger partial charge in [0.2, 0.25) is 0 Å². The second kappa shape index (κ2) is 4.08. The third-order valence-electron chi connectivity index (χ3n) is 3.08. The lowest BCUT2D eigenvalue weighted by atomic mass is 9.90. The van der Waals surface area contributed by atoms with Gasteiger partial charge in [0.25, 0.3) is 0 Å². The number of rotatable bonds is 1. The number of ketones is 2. The van der Waals surface area contributed by atoms with Gasteiger partial charge in [0.1, 0.15) is 17.5 Å². The summed E-state index contributed by atoms with van der Waals surface area (Å²) in [5.74, 6) is -0.599. The molecule has 1 aromatic carbocycles. The molecule has 84 valence electrons. The maximum atomic E-state index is 11.9. The number of benzene rings is 1. The lowest BCUT2D eigenvalue weighted by Crippen LogP contribution is -2.19. The van der Waals surface area contributed by atoms with Crippen molar-refractivity contribution in [3.63, 3.8) is 0 Å². The van der Waals surface area contributed by atoms with Gasteiger partial charge in [-0.05, 0) is 18.6 Å². The van der Waals surface area contributed by atoms with E-state index in [1.54, 1.807) is 0 Å². The van der Waals surface area contributed by atoms with E-state index in [0.717, 1.165) is 11.3 Å². The molecule has 0 spiro atoms. The van der Waals surface area contributed by atoms with Gasteiger partial charge in [0.15, 0.2) is 0 Å². The van der Waals surface area contributed by atoms with Crippen LogP contribution in [0.15, 0.2) is 24.3 Å². The molecule has 1 heterocycles. The molecule has 0 fully saturated rings. The van der Waals surface area contributed by atoms with Crippen molar-refractivity contribution in [1.82, 2.24) is 0 Å². The van der Waals surface area contributed by atoms with Gasteiger partial charge in [0, 0.05) is 25.7 Å². The fourth-order valence-corrected chi connectivity index (χ4v) is 2.24. The zero-order valence-electron chi connectivity index (χ0n) is 9.56. The van der Waals surface area contributed by atoms with Crippen molar-refractivity contribution in [3.05, 3.63) is 29.8 Å². The molecule has 1 aliphatic rings. The number of para-hydroxylation sites is 1. The average Bonchev–Trinajstić information content (AvgIpc) is 2.37. The smallest absolute Gasteiger partial charge is 0.149 e. The Bertz CT molecular complexity index is 439. The van der Waals surface area contributed by atoms with E-state index in [1.807, 2.05) is 36.2 Å². The van der Waals surface area contributed by atoms with E-state index in [4.69, 9.17) is 0 Å². The van der Waals surface area contributed by atoms with Crippen molar-refractivity contribution in [1.29, 1.82) is 0 Å². The van der Waals surface area contributed by atoms with Crippen molar-refractivity contribution < 1.29 is 9.59 Å². The van der Waals surface area contributed by atoms with Gasteiger partial charge in [-0.1, -0.05) is 18.2 Å². The van der Waals surface area contributed by atoms with Gasteiger partial charge in [-0.2, -0.15) is 0 Å². The van der Waals surface area contributed by atoms with Crippen LogP contribution in [0.25, 0.3) is 0 Å². The van der Waals surface area contributed by atoms with E-state index in [9.17, 15) is 9.59 Å². The van der Waals surface area contributed by atoms with Gasteiger partial charge in [-0.3, -0.25) is 9.59 Å². The van der Waals surface area contributed by atoms with E-state index in [0.29, 0.717) is 13.0 Å². The molecule has 0 saturated carbocycles. The molecule has 0 aliphatic carbocycles. The van der Waals surface area contributed by atoms with Crippen LogP contribution in [0.2, 0.25) is 0 Å². The Labute approximate surface area is 95.1 Å². The molecule has 2 rings (SSSR count). The molecule has 0 saturated heterocycles. The molecule has 1 aromatic rings. The third-order valence-corrected chi connectivity index (χ3v) is 3.08. The Morgan fingerprint density at radius 3 is 2.75 bits per heavy atom. The van der Waals surface area contributed by atoms with Gasteiger partial charge in [-0.25, -0.2) is 0 Å². The molecule has 0 bridgehead atoms. The predicted molar refractivity (Wildman–Crippen MR) is 62.8 cm³/mol. The van der Waals surface area contributed by atoms with Crippen LogP contribution in [-0.2, 0) is 9.59 Å². The molecular weight excluding hydrogens is 202 g/mol. The first kappa shape index (κ1) is 10.9. The third kappa shape index (κ3) is 1.73. The van der Waals surface area contributed by atoms with Crippen molar-refractivity contribution in [2.45, 2.75) is 19.3 Å². The van der Waals surface area contributed by atoms with Crippen molar-refractivity contribution in [2.75, 3.05) is 18.5 Å². The van der Waals surface area contributed by atoms with Crippen LogP contribution in [0.5, 0.6) is 0 Å². The highest BCUT2D eigenvalue weighted by molar-refractivity contribution is 6.08. The van der Waals surface area contributed by atoms with E-state index in [-0.39, 0.29) is 11.6 Å². The zero-order chi connectivity index (χ0) is 11.7. The minimum Gasteiger partial charge on any atom is -0.374 e. The number of fused-ring (bicyclic) bond motifs is 1. The van der Waals surface area contributed by atoms with Crippen LogP contribution in [0.1, 0.15) is 24.8 Å². The Morgan fingerprint density at radius 2 is 2.06 bits per heavy atom. The van der Waals surface area contributed by atoms with Crippen molar-refractivity contribution in [2.24, 2.45) is 0 Å². The summed E-state index contributed by atoms with van der Waals surface area (Å²) in [7, 11) is 1.95. The fraction of sp³-hybridized carbons (Fsp3) is 0.385. The number of carbonyl (C=O) groups is 2. The molecule has 0 aromatic heterocycles. The highest BCUT2D eigenvalue weighted by Gasteiger charge is 2.30. The molecule has 0 radical (unpaired) electrons. The summed E-state index contributed by atoms with van der Waals surface area (Å²) in [6.07, 6.45) is 0.440. The first-order chi connectivity index (χ1) is 7.61. The first-order valence-electron chi connectivity index (χ1n) is 5.44. The molecule has 3 heteroatoms. The lowest BCUT2D eigenvalue weighted by Gasteiger charge is -2.19. The fourth-order valence-electron chi connectivity index (χ4n) is 2.24. The number of anilines is 1. The summed E-state index contributed by atoms with van der Waals surface area (Å²) in [5, 5.41) is 0. The Hall–Kier alpha value is -1.64. The summed E-state index contributed by atoms with van der Waals surface area (Å²) in [4.78, 5) is 25.5. The number of hydrogen-bond acceptors (Lipinski definition) is 3. The number of carbonyl (C=O) groups excluding carboxylic acids is 2. The highest BCUT2D eigenvalue weighted by Crippen LogP contribution is 2.32. The van der Waals surface area contributed by atoms with Crippen molar-refractivity contribution >= 4 is 17.3 Å². The maximum absolute atomic E-state index is 11.9. The van der Waals surface area contributed by atoms with Gasteiger partial charge >= 0.3 is 0 Å². The van der Waals surface area contributed by atoms with Crippen molar-refractivity contribution in [3.8, 4) is 0 Å². The molecule has 1 aliphatic heterocycles. The molecule has 3 nitrogen and oxygen atoms in total. The van der Waals surface area contributed by atoms with Gasteiger partial charge in [0.05, 0.1) is 0 Å². The highest BCUT2D eigenvalue weighted by atomic mass is 16.1. The number of nitrogens with zero attached hydrogens (tertiary/aromatic N) is 1. The maximum Gasteiger partial charge on any atom is 0.149 e. The van der Waals surface area contributed by atoms with Crippen LogP contribution in [0.3, 0.4) is 0 Å². The Kier molecular flexibility index (Phi) is 2.77. The second-order valence-corrected chi connectivity index (χ2v) is 4.24. The van der Waals surface area contributed by atoms with Crippen LogP contribution < -0.4 is 4.90 Å². The molecule has 16 heavy (non-hydrogen) atoms. The number of hydrogen-bond donors (Lipinski definition) is 0. The summed E-state index contributed by atoms with van der Waals surface area (Å²) in [6.45, 7) is 2.17. The molecule has 0 amide bonds. The Balaban J connectivity index is 2.57. The first-order valence-corrected chi connectivity index (χ1v) is 5.44. The monoisotopic (exact) mass is 217 g/mol. The average molecular weight is 217 g/mol. The van der Waals surface area contributed by atoms with Crippen LogP contribution >= 0.6 is 0 Å². The van der Waals surface area contributed by atoms with E-state index in [1.165, 1.54) is 6.92 Å². The normalized spacial score (nSPS) is 20.2. The minimum absolute atomic E-state index is 0.0318. The SMILES string of the molecule is CC(=O)C1C(=O)CCN(C)c2ccccc21. The molecular formula is C13H15NO2. The quantitative estimate of drug-likeness (QED) is 0.673. The largest absolute Gasteiger partial charge is 0.374 e. The minimum atomic E-state index is -0.568. The zero-order valence-corrected chi connectivity index (χ0v) is 9.56. The molecule has 1 unspecified atom stereocenters. The lowest BCUT2D eigenvalue weighted by molar-refractivity contribution is -0.127. The standard InChI is InChI=1S/C13H15NO2/c1-9(15)13-10-5-3-4-6-11(10)14(2)8-7-12(13)16/h3-6,13H,7-8H2,1-2H3. The van der Waals surface area contributed by atoms with Crippen LogP contribution in [0, 0.1) is 0 Å². The predicted octanol–water partition coefficient (Wildman–Crippen LogP) is 1.77. The topological polar surface area (TPSA) is 37.4 Å². The summed E-state index contributed by atoms with van der Waals surface area (Å²) >= 11 is 0. The summed E-state index contributed by atoms with van der Waals surface area (Å²) in [5.41, 5.74) is 1.84. The summed E-state index contributed by atoms with van der Waals surface area (Å²) < 4.78 is 0. The Morgan fingerprint density at radius 1 is 1.38 bits per heavy atom. The second-order valence-electron chi connectivity index (χ2n) is 4.24. The van der Waals surface area contributed by atoms with Gasteiger partial charge < -0.3 is 4.90 Å². The number of Topliss-reactive ketones (excluding diaryl/α,β-unsaturated/α-hetero) is 2. The summed E-state index contributed by atoms with van der Waals surface area (Å²) in [6, 6.07) is 7.65.